The van der Waals surface area contributed by atoms with Crippen LogP contribution in [0, 0.1) is 11.8 Å². The number of carbonyl (C=O) groups is 3. The number of hydrogen-bond acceptors (Lipinski definition) is 8. The molecule has 1 aromatic heterocycles. The fourth-order valence-electron chi connectivity index (χ4n) is 5.05. The number of amides is 2. The zero-order chi connectivity index (χ0) is 26.0. The predicted octanol–water partition coefficient (Wildman–Crippen LogP) is 4.04. The quantitative estimate of drug-likeness (QED) is 0.456. The van der Waals surface area contributed by atoms with E-state index in [4.69, 9.17) is 10.5 Å². The molecular formula is C26H36N4O4S2. The van der Waals surface area contributed by atoms with Crippen LogP contribution in [-0.2, 0) is 27.2 Å². The second-order valence-electron chi connectivity index (χ2n) is 10.3. The Morgan fingerprint density at radius 3 is 2.61 bits per heavy atom. The van der Waals surface area contributed by atoms with Gasteiger partial charge in [-0.25, -0.2) is 4.79 Å². The van der Waals surface area contributed by atoms with Gasteiger partial charge >= 0.3 is 5.97 Å². The molecule has 0 bridgehead atoms. The molecule has 2 amide bonds. The lowest BCUT2D eigenvalue weighted by Gasteiger charge is -2.29. The van der Waals surface area contributed by atoms with Crippen LogP contribution in [0.5, 0.6) is 0 Å². The van der Waals surface area contributed by atoms with Crippen molar-refractivity contribution in [1.82, 2.24) is 5.32 Å². The number of esters is 1. The molecule has 10 heteroatoms. The molecule has 0 aromatic carbocycles. The molecule has 196 valence electrons. The molecule has 4 rings (SSSR count). The highest BCUT2D eigenvalue weighted by Crippen LogP contribution is 2.41. The van der Waals surface area contributed by atoms with Crippen LogP contribution in [0.2, 0.25) is 0 Å². The van der Waals surface area contributed by atoms with Crippen molar-refractivity contribution in [1.29, 1.82) is 0 Å². The Bertz CT molecular complexity index is 1110. The number of methoxy groups -OCH3 is 1. The molecule has 3 aliphatic rings. The first-order chi connectivity index (χ1) is 17.2. The number of nitrogens with one attached hydrogen (secondary N) is 2. The fourth-order valence-corrected chi connectivity index (χ4v) is 7.44. The summed E-state index contributed by atoms with van der Waals surface area (Å²) in [5, 5.41) is 6.27. The molecule has 1 aliphatic heterocycles. The van der Waals surface area contributed by atoms with Crippen LogP contribution in [-0.4, -0.2) is 47.8 Å². The van der Waals surface area contributed by atoms with Crippen LogP contribution in [0.3, 0.4) is 0 Å². The summed E-state index contributed by atoms with van der Waals surface area (Å²) in [4.78, 5) is 45.1. The summed E-state index contributed by atoms with van der Waals surface area (Å²) in [5.74, 6) is -0.388. The number of rotatable bonds is 7. The monoisotopic (exact) mass is 532 g/mol. The van der Waals surface area contributed by atoms with E-state index in [9.17, 15) is 14.4 Å². The third-order valence-corrected chi connectivity index (χ3v) is 9.52. The summed E-state index contributed by atoms with van der Waals surface area (Å²) < 4.78 is 4.99. The minimum Gasteiger partial charge on any atom is -0.465 e. The number of thioether (sulfide) groups is 1. The highest BCUT2D eigenvalue weighted by Gasteiger charge is 2.40. The zero-order valence-electron chi connectivity index (χ0n) is 21.4. The first-order valence-corrected chi connectivity index (χ1v) is 14.5. The van der Waals surface area contributed by atoms with E-state index < -0.39 is 11.2 Å². The van der Waals surface area contributed by atoms with E-state index in [0.29, 0.717) is 39.6 Å². The normalized spacial score (nSPS) is 24.8. The van der Waals surface area contributed by atoms with Crippen molar-refractivity contribution in [3.05, 3.63) is 27.3 Å². The van der Waals surface area contributed by atoms with Crippen molar-refractivity contribution in [3.63, 3.8) is 0 Å². The molecule has 0 saturated heterocycles. The number of carbonyl (C=O) groups excluding carboxylic acids is 3. The van der Waals surface area contributed by atoms with Crippen molar-refractivity contribution >= 4 is 50.9 Å². The van der Waals surface area contributed by atoms with Gasteiger partial charge in [0.1, 0.15) is 15.3 Å². The van der Waals surface area contributed by atoms with E-state index in [1.165, 1.54) is 36.6 Å². The van der Waals surface area contributed by atoms with Gasteiger partial charge in [-0.05, 0) is 49.5 Å². The van der Waals surface area contributed by atoms with Crippen LogP contribution in [0.1, 0.15) is 73.7 Å². The Morgan fingerprint density at radius 1 is 1.17 bits per heavy atom. The minimum atomic E-state index is -0.803. The molecule has 2 aliphatic carbocycles. The van der Waals surface area contributed by atoms with Crippen molar-refractivity contribution in [2.45, 2.75) is 77.0 Å². The molecule has 0 spiro atoms. The summed E-state index contributed by atoms with van der Waals surface area (Å²) in [5.41, 5.74) is 8.40. The lowest BCUT2D eigenvalue weighted by molar-refractivity contribution is -0.118. The Balaban J connectivity index is 1.59. The molecule has 1 saturated carbocycles. The summed E-state index contributed by atoms with van der Waals surface area (Å²) >= 11 is 2.62. The predicted molar refractivity (Wildman–Crippen MR) is 146 cm³/mol. The average molecular weight is 533 g/mol. The molecule has 1 fully saturated rings. The summed E-state index contributed by atoms with van der Waals surface area (Å²) in [6.07, 6.45) is 6.96. The topological polar surface area (TPSA) is 123 Å². The van der Waals surface area contributed by atoms with Crippen LogP contribution >= 0.6 is 23.1 Å². The van der Waals surface area contributed by atoms with Crippen LogP contribution < -0.4 is 16.4 Å². The first kappa shape index (κ1) is 26.7. The van der Waals surface area contributed by atoms with Gasteiger partial charge in [0.15, 0.2) is 0 Å². The maximum absolute atomic E-state index is 13.4. The number of aryl methyl sites for hydroxylation is 1. The van der Waals surface area contributed by atoms with Gasteiger partial charge in [-0.1, -0.05) is 45.4 Å². The van der Waals surface area contributed by atoms with Gasteiger partial charge < -0.3 is 21.1 Å². The second kappa shape index (κ2) is 11.4. The molecular weight excluding hydrogens is 496 g/mol. The molecule has 3 atom stereocenters. The number of nitrogens with zero attached hydrogens (tertiary/aromatic N) is 1. The third-order valence-electron chi connectivity index (χ3n) is 7.06. The third kappa shape index (κ3) is 5.49. The summed E-state index contributed by atoms with van der Waals surface area (Å²) in [6, 6.07) is 0.0897. The second-order valence-corrected chi connectivity index (χ2v) is 12.5. The van der Waals surface area contributed by atoms with Gasteiger partial charge in [-0.15, -0.1) is 11.3 Å². The number of hydrogen-bond donors (Lipinski definition) is 3. The largest absolute Gasteiger partial charge is 0.465 e. The van der Waals surface area contributed by atoms with Crippen molar-refractivity contribution in [3.8, 4) is 0 Å². The Kier molecular flexibility index (Phi) is 8.44. The SMILES string of the molecule is COC(=O)c1c(NC(=O)[C@@H]2SC(=NCC(C)C)C(C(=O)N[C@@H]3CCCC[C@@H]3C)=C2N)sc2c1CCC2. The molecule has 2 heterocycles. The maximum atomic E-state index is 13.4. The van der Waals surface area contributed by atoms with Gasteiger partial charge in [-0.3, -0.25) is 14.6 Å². The lowest BCUT2D eigenvalue weighted by atomic mass is 9.86. The number of thiophene rings is 1. The standard InChI is InChI=1S/C26H36N4O4S2/c1-13(2)12-28-24-19(22(31)29-16-10-6-5-8-14(16)3)20(27)21(36-24)23(32)30-25-18(26(33)34-4)15-9-7-11-17(15)35-25/h13-14,16,21H,5-12,27H2,1-4H3,(H,29,31)(H,30,32)/t14-,16+,21+/m0/s1. The van der Waals surface area contributed by atoms with E-state index in [-0.39, 0.29) is 23.6 Å². The number of anilines is 1. The minimum absolute atomic E-state index is 0.0897. The average Bonchev–Trinajstić information content (AvgIpc) is 3.51. The molecule has 36 heavy (non-hydrogen) atoms. The number of ether oxygens (including phenoxy) is 1. The van der Waals surface area contributed by atoms with E-state index in [0.717, 1.165) is 49.0 Å². The molecule has 8 nitrogen and oxygen atoms in total. The number of aliphatic imine (C=N–C) groups is 1. The van der Waals surface area contributed by atoms with Gasteiger partial charge in [-0.2, -0.15) is 0 Å². The number of fused-ring (bicyclic) bond motifs is 1. The highest BCUT2D eigenvalue weighted by molar-refractivity contribution is 8.16. The van der Waals surface area contributed by atoms with E-state index in [2.05, 4.69) is 36.4 Å². The Morgan fingerprint density at radius 2 is 1.92 bits per heavy atom. The van der Waals surface area contributed by atoms with Gasteiger partial charge in [0.2, 0.25) is 5.91 Å². The van der Waals surface area contributed by atoms with Gasteiger partial charge in [0.05, 0.1) is 18.2 Å². The summed E-state index contributed by atoms with van der Waals surface area (Å²) in [7, 11) is 1.34. The molecule has 0 radical (unpaired) electrons. The number of nitrogens with two attached hydrogens (primary N) is 1. The van der Waals surface area contributed by atoms with E-state index in [1.54, 1.807) is 0 Å². The van der Waals surface area contributed by atoms with Crippen LogP contribution in [0.4, 0.5) is 5.00 Å². The molecule has 0 unspecified atom stereocenters. The van der Waals surface area contributed by atoms with Crippen molar-refractivity contribution in [2.24, 2.45) is 22.6 Å². The van der Waals surface area contributed by atoms with E-state index in [1.807, 2.05) is 0 Å². The van der Waals surface area contributed by atoms with Crippen molar-refractivity contribution < 1.29 is 19.1 Å². The van der Waals surface area contributed by atoms with Crippen molar-refractivity contribution in [2.75, 3.05) is 19.0 Å². The molecule has 4 N–H and O–H groups in total. The lowest BCUT2D eigenvalue weighted by Crippen LogP contribution is -2.42. The zero-order valence-corrected chi connectivity index (χ0v) is 23.1. The molecule has 1 aromatic rings. The van der Waals surface area contributed by atoms with Crippen LogP contribution in [0.25, 0.3) is 0 Å². The van der Waals surface area contributed by atoms with E-state index >= 15 is 0 Å². The van der Waals surface area contributed by atoms with Crippen LogP contribution in [0.15, 0.2) is 16.3 Å². The Hall–Kier alpha value is -2.33. The maximum Gasteiger partial charge on any atom is 0.341 e. The Labute approximate surface area is 220 Å². The van der Waals surface area contributed by atoms with Gasteiger partial charge in [0, 0.05) is 23.2 Å². The summed E-state index contributed by atoms with van der Waals surface area (Å²) in [6.45, 7) is 6.79. The fraction of sp³-hybridized carbons (Fsp3) is 0.615. The highest BCUT2D eigenvalue weighted by atomic mass is 32.2. The van der Waals surface area contributed by atoms with Gasteiger partial charge in [0.25, 0.3) is 5.91 Å². The smallest absolute Gasteiger partial charge is 0.341 e. The first-order valence-electron chi connectivity index (χ1n) is 12.8.